The van der Waals surface area contributed by atoms with E-state index in [4.69, 9.17) is 9.47 Å². The number of hydrogen-bond acceptors (Lipinski definition) is 5. The summed E-state index contributed by atoms with van der Waals surface area (Å²) in [5, 5.41) is 13.6. The maximum Gasteiger partial charge on any atom is 0.195 e. The second kappa shape index (κ2) is 7.47. The van der Waals surface area contributed by atoms with E-state index < -0.39 is 0 Å². The van der Waals surface area contributed by atoms with E-state index in [1.54, 1.807) is 6.07 Å². The number of rotatable bonds is 2. The van der Waals surface area contributed by atoms with E-state index >= 15 is 0 Å². The highest BCUT2D eigenvalue weighted by Crippen LogP contribution is 2.50. The Balaban J connectivity index is 1.51. The van der Waals surface area contributed by atoms with Gasteiger partial charge in [0.25, 0.3) is 0 Å². The van der Waals surface area contributed by atoms with Crippen molar-refractivity contribution >= 4 is 16.7 Å². The number of ketones is 1. The molecule has 0 atom stereocenters. The van der Waals surface area contributed by atoms with Crippen molar-refractivity contribution in [1.29, 1.82) is 5.26 Å². The van der Waals surface area contributed by atoms with Gasteiger partial charge in [-0.1, -0.05) is 6.07 Å². The Morgan fingerprint density at radius 1 is 1.09 bits per heavy atom. The molecule has 1 aromatic heterocycles. The fourth-order valence-electron chi connectivity index (χ4n) is 5.67. The normalized spacial score (nSPS) is 20.0. The number of fused-ring (bicyclic) bond motifs is 6. The maximum absolute atomic E-state index is 13.7. The van der Waals surface area contributed by atoms with Crippen molar-refractivity contribution < 1.29 is 14.3 Å². The van der Waals surface area contributed by atoms with Crippen molar-refractivity contribution in [3.05, 3.63) is 64.3 Å². The van der Waals surface area contributed by atoms with Gasteiger partial charge < -0.3 is 19.8 Å². The van der Waals surface area contributed by atoms with Gasteiger partial charge in [-0.25, -0.2) is 0 Å². The highest BCUT2D eigenvalue weighted by atomic mass is 16.5. The number of hydrogen-bond donors (Lipinski definition) is 2. The third-order valence-corrected chi connectivity index (χ3v) is 7.32. The predicted octanol–water partition coefficient (Wildman–Crippen LogP) is 3.81. The Labute approximate surface area is 186 Å². The number of aromatic nitrogens is 1. The minimum atomic E-state index is -0.323. The lowest BCUT2D eigenvalue weighted by Gasteiger charge is -2.41. The number of carbonyl (C=O) groups is 1. The Morgan fingerprint density at radius 2 is 1.91 bits per heavy atom. The molecule has 3 aromatic rings. The molecule has 162 valence electrons. The van der Waals surface area contributed by atoms with Crippen LogP contribution in [0.1, 0.15) is 58.4 Å². The molecule has 32 heavy (non-hydrogen) atoms. The lowest BCUT2D eigenvalue weighted by atomic mass is 9.64. The molecular formula is C26H25N3O3. The average molecular weight is 428 g/mol. The molecule has 0 radical (unpaired) electrons. The van der Waals surface area contributed by atoms with E-state index in [0.717, 1.165) is 77.8 Å². The van der Waals surface area contributed by atoms with E-state index in [2.05, 4.69) is 22.4 Å². The second-order valence-electron chi connectivity index (χ2n) is 9.05. The summed E-state index contributed by atoms with van der Waals surface area (Å²) >= 11 is 0. The first-order valence-corrected chi connectivity index (χ1v) is 11.4. The van der Waals surface area contributed by atoms with Crippen LogP contribution >= 0.6 is 0 Å². The summed E-state index contributed by atoms with van der Waals surface area (Å²) in [5.74, 6) is 0.872. The third kappa shape index (κ3) is 2.89. The van der Waals surface area contributed by atoms with Crippen LogP contribution in [-0.4, -0.2) is 43.2 Å². The molecule has 6 rings (SSSR count). The molecule has 0 unspecified atom stereocenters. The molecule has 0 saturated carbocycles. The van der Waals surface area contributed by atoms with Crippen LogP contribution in [0.5, 0.6) is 5.75 Å². The van der Waals surface area contributed by atoms with Gasteiger partial charge in [0.2, 0.25) is 0 Å². The molecule has 2 saturated heterocycles. The monoisotopic (exact) mass is 427 g/mol. The quantitative estimate of drug-likeness (QED) is 0.649. The smallest absolute Gasteiger partial charge is 0.195 e. The first-order valence-electron chi connectivity index (χ1n) is 11.4. The first-order chi connectivity index (χ1) is 15.7. The van der Waals surface area contributed by atoms with Gasteiger partial charge >= 0.3 is 0 Å². The number of H-pyrrole nitrogens is 1. The fourth-order valence-corrected chi connectivity index (χ4v) is 5.67. The highest BCUT2D eigenvalue weighted by molar-refractivity contribution is 6.20. The SMILES string of the molecule is N#Cc1ccc2c3c([nH]c2c1)C1(CCOCC1)c1cc(OC2CCNCC2)ccc1C3=O. The topological polar surface area (TPSA) is 87.1 Å². The van der Waals surface area contributed by atoms with Gasteiger partial charge in [0.15, 0.2) is 5.78 Å². The predicted molar refractivity (Wildman–Crippen MR) is 120 cm³/mol. The zero-order valence-electron chi connectivity index (χ0n) is 17.9. The molecule has 6 nitrogen and oxygen atoms in total. The number of ether oxygens (including phenoxy) is 2. The van der Waals surface area contributed by atoms with E-state index in [1.165, 1.54) is 0 Å². The largest absolute Gasteiger partial charge is 0.490 e. The Bertz CT molecular complexity index is 1260. The summed E-state index contributed by atoms with van der Waals surface area (Å²) in [7, 11) is 0. The van der Waals surface area contributed by atoms with Gasteiger partial charge in [-0.3, -0.25) is 4.79 Å². The van der Waals surface area contributed by atoms with Crippen molar-refractivity contribution in [2.75, 3.05) is 26.3 Å². The summed E-state index contributed by atoms with van der Waals surface area (Å²) in [4.78, 5) is 17.2. The third-order valence-electron chi connectivity index (χ3n) is 7.32. The molecule has 3 aliphatic rings. The highest BCUT2D eigenvalue weighted by Gasteiger charge is 2.47. The molecule has 0 amide bonds. The molecule has 1 aliphatic carbocycles. The summed E-state index contributed by atoms with van der Waals surface area (Å²) in [6, 6.07) is 13.7. The zero-order chi connectivity index (χ0) is 21.7. The van der Waals surface area contributed by atoms with Crippen LogP contribution < -0.4 is 10.1 Å². The number of aromatic amines is 1. The summed E-state index contributed by atoms with van der Waals surface area (Å²) in [5.41, 5.74) is 4.59. The molecule has 1 spiro atoms. The summed E-state index contributed by atoms with van der Waals surface area (Å²) in [6.45, 7) is 3.23. The molecule has 2 aliphatic heterocycles. The Kier molecular flexibility index (Phi) is 4.56. The maximum atomic E-state index is 13.7. The van der Waals surface area contributed by atoms with Crippen molar-refractivity contribution in [1.82, 2.24) is 10.3 Å². The number of nitriles is 1. The van der Waals surface area contributed by atoms with Gasteiger partial charge in [0, 0.05) is 40.8 Å². The molecule has 2 fully saturated rings. The number of nitrogens with zero attached hydrogens (tertiary/aromatic N) is 1. The lowest BCUT2D eigenvalue weighted by molar-refractivity contribution is 0.0600. The minimum Gasteiger partial charge on any atom is -0.490 e. The van der Waals surface area contributed by atoms with Crippen LogP contribution in [0.2, 0.25) is 0 Å². The van der Waals surface area contributed by atoms with Crippen LogP contribution in [0.4, 0.5) is 0 Å². The number of piperidine rings is 1. The van der Waals surface area contributed by atoms with Crippen LogP contribution in [0, 0.1) is 11.3 Å². The fraction of sp³-hybridized carbons (Fsp3) is 0.385. The van der Waals surface area contributed by atoms with Crippen LogP contribution in [0.3, 0.4) is 0 Å². The van der Waals surface area contributed by atoms with Crippen LogP contribution in [-0.2, 0) is 10.2 Å². The first kappa shape index (κ1) is 19.5. The van der Waals surface area contributed by atoms with Crippen LogP contribution in [0.25, 0.3) is 10.9 Å². The molecule has 3 heterocycles. The molecule has 0 bridgehead atoms. The Morgan fingerprint density at radius 3 is 2.69 bits per heavy atom. The number of carbonyl (C=O) groups excluding carboxylic acids is 1. The summed E-state index contributed by atoms with van der Waals surface area (Å²) in [6.07, 6.45) is 3.78. The van der Waals surface area contributed by atoms with Gasteiger partial charge in [-0.05, 0) is 74.7 Å². The molecule has 6 heteroatoms. The lowest BCUT2D eigenvalue weighted by Crippen LogP contribution is -2.40. The van der Waals surface area contributed by atoms with Gasteiger partial charge in [-0.15, -0.1) is 0 Å². The zero-order valence-corrected chi connectivity index (χ0v) is 17.9. The van der Waals surface area contributed by atoms with Crippen molar-refractivity contribution in [2.24, 2.45) is 0 Å². The van der Waals surface area contributed by atoms with Gasteiger partial charge in [0.1, 0.15) is 11.9 Å². The van der Waals surface area contributed by atoms with Gasteiger partial charge in [-0.2, -0.15) is 5.26 Å². The van der Waals surface area contributed by atoms with Gasteiger partial charge in [0.05, 0.1) is 17.2 Å². The van der Waals surface area contributed by atoms with E-state index in [-0.39, 0.29) is 17.3 Å². The average Bonchev–Trinajstić information content (AvgIpc) is 3.24. The molecule has 2 N–H and O–H groups in total. The number of benzene rings is 2. The van der Waals surface area contributed by atoms with Crippen molar-refractivity contribution in [3.8, 4) is 11.8 Å². The van der Waals surface area contributed by atoms with Crippen LogP contribution in [0.15, 0.2) is 36.4 Å². The van der Waals surface area contributed by atoms with E-state index in [9.17, 15) is 10.1 Å². The van der Waals surface area contributed by atoms with E-state index in [0.29, 0.717) is 18.8 Å². The van der Waals surface area contributed by atoms with Crippen molar-refractivity contribution in [3.63, 3.8) is 0 Å². The molecule has 2 aromatic carbocycles. The number of nitrogens with one attached hydrogen (secondary N) is 2. The summed E-state index contributed by atoms with van der Waals surface area (Å²) < 4.78 is 12.1. The van der Waals surface area contributed by atoms with E-state index in [1.807, 2.05) is 24.3 Å². The standard InChI is InChI=1S/C26H25N3O3/c27-15-16-1-3-20-22(13-16)29-25-23(20)24(30)19-4-2-18(32-17-5-9-28-10-6-17)14-21(19)26(25)7-11-31-12-8-26/h1-4,13-14,17,28-29H,5-12H2. The Hall–Kier alpha value is -3.14. The van der Waals surface area contributed by atoms with Crippen molar-refractivity contribution in [2.45, 2.75) is 37.2 Å². The minimum absolute atomic E-state index is 0.0384. The second-order valence-corrected chi connectivity index (χ2v) is 9.05. The molecular weight excluding hydrogens is 402 g/mol.